The van der Waals surface area contributed by atoms with E-state index in [0.717, 1.165) is 8.66 Å². The molecule has 0 spiro atoms. The predicted molar refractivity (Wildman–Crippen MR) is 54.1 cm³/mol. The number of halogens is 1. The minimum absolute atomic E-state index is 0.107. The van der Waals surface area contributed by atoms with E-state index in [0.29, 0.717) is 6.54 Å². The zero-order chi connectivity index (χ0) is 9.26. The van der Waals surface area contributed by atoms with E-state index < -0.39 is 0 Å². The van der Waals surface area contributed by atoms with Crippen molar-refractivity contribution in [3.63, 3.8) is 0 Å². The Balaban J connectivity index is 2.24. The second-order valence-electron chi connectivity index (χ2n) is 2.49. The third kappa shape index (κ3) is 1.92. The van der Waals surface area contributed by atoms with Crippen LogP contribution in [0.25, 0.3) is 0 Å². The summed E-state index contributed by atoms with van der Waals surface area (Å²) in [5.74, 6) is 0. The summed E-state index contributed by atoms with van der Waals surface area (Å²) in [7, 11) is 0. The van der Waals surface area contributed by atoms with Crippen molar-refractivity contribution in [2.45, 2.75) is 6.54 Å². The Hall–Kier alpha value is -0.810. The van der Waals surface area contributed by atoms with Crippen LogP contribution in [0.5, 0.6) is 0 Å². The van der Waals surface area contributed by atoms with Gasteiger partial charge in [-0.1, -0.05) is 0 Å². The highest BCUT2D eigenvalue weighted by molar-refractivity contribution is 9.11. The Kier molecular flexibility index (Phi) is 2.37. The first-order valence-electron chi connectivity index (χ1n) is 3.65. The minimum Gasteiger partial charge on any atom is -0.384 e. The van der Waals surface area contributed by atoms with E-state index in [-0.39, 0.29) is 5.56 Å². The molecule has 0 saturated carbocycles. The molecule has 0 amide bonds. The number of rotatable bonds is 2. The second-order valence-corrected chi connectivity index (χ2v) is 5.04. The molecule has 2 aromatic heterocycles. The van der Waals surface area contributed by atoms with Gasteiger partial charge in [-0.25, -0.2) is 0 Å². The average molecular weight is 260 g/mol. The van der Waals surface area contributed by atoms with Crippen LogP contribution < -0.4 is 5.56 Å². The largest absolute Gasteiger partial charge is 0.384 e. The van der Waals surface area contributed by atoms with Gasteiger partial charge in [-0.2, -0.15) is 4.74 Å². The van der Waals surface area contributed by atoms with Crippen molar-refractivity contribution >= 4 is 27.3 Å². The number of hydrogen-bond acceptors (Lipinski definition) is 3. The van der Waals surface area contributed by atoms with Crippen LogP contribution in [0.15, 0.2) is 37.6 Å². The smallest absolute Gasteiger partial charge is 0.282 e. The van der Waals surface area contributed by atoms with Gasteiger partial charge in [0.1, 0.15) is 6.26 Å². The van der Waals surface area contributed by atoms with E-state index in [1.165, 1.54) is 17.1 Å². The van der Waals surface area contributed by atoms with Gasteiger partial charge < -0.3 is 4.52 Å². The maximum absolute atomic E-state index is 11.1. The van der Waals surface area contributed by atoms with Crippen molar-refractivity contribution in [1.82, 2.24) is 4.74 Å². The summed E-state index contributed by atoms with van der Waals surface area (Å²) in [6.45, 7) is 0.502. The maximum atomic E-state index is 11.1. The van der Waals surface area contributed by atoms with E-state index in [2.05, 4.69) is 15.9 Å². The van der Waals surface area contributed by atoms with Gasteiger partial charge in [0.05, 0.1) is 10.3 Å². The standard InChI is InChI=1S/C8H6BrNO2S/c9-7-2-1-6(13-7)5-10-8(11)3-4-12-10/h1-4H,5H2. The van der Waals surface area contributed by atoms with Crippen LogP contribution >= 0.6 is 27.3 Å². The molecule has 5 heteroatoms. The molecule has 0 radical (unpaired) electrons. The van der Waals surface area contributed by atoms with Gasteiger partial charge in [-0.3, -0.25) is 4.79 Å². The molecule has 2 heterocycles. The fourth-order valence-corrected chi connectivity index (χ4v) is 2.45. The van der Waals surface area contributed by atoms with Crippen molar-refractivity contribution in [3.8, 4) is 0 Å². The van der Waals surface area contributed by atoms with E-state index >= 15 is 0 Å². The molecule has 68 valence electrons. The Morgan fingerprint density at radius 2 is 2.31 bits per heavy atom. The van der Waals surface area contributed by atoms with Crippen LogP contribution in [-0.4, -0.2) is 4.74 Å². The molecule has 0 saturated heterocycles. The Bertz CT molecular complexity index is 456. The summed E-state index contributed by atoms with van der Waals surface area (Å²) in [6, 6.07) is 5.32. The van der Waals surface area contributed by atoms with Crippen LogP contribution in [0, 0.1) is 0 Å². The van der Waals surface area contributed by atoms with E-state index in [1.807, 2.05) is 12.1 Å². The molecule has 0 atom stereocenters. The van der Waals surface area contributed by atoms with Gasteiger partial charge in [-0.15, -0.1) is 11.3 Å². The topological polar surface area (TPSA) is 35.1 Å². The molecule has 3 nitrogen and oxygen atoms in total. The summed E-state index contributed by atoms with van der Waals surface area (Å²) >= 11 is 4.95. The van der Waals surface area contributed by atoms with Gasteiger partial charge >= 0.3 is 0 Å². The van der Waals surface area contributed by atoms with Gasteiger partial charge in [0.25, 0.3) is 5.56 Å². The molecule has 0 aliphatic rings. The Morgan fingerprint density at radius 3 is 2.85 bits per heavy atom. The SMILES string of the molecule is O=c1ccon1Cc1ccc(Br)s1. The first-order valence-corrected chi connectivity index (χ1v) is 5.26. The fraction of sp³-hybridized carbons (Fsp3) is 0.125. The van der Waals surface area contributed by atoms with E-state index in [4.69, 9.17) is 4.52 Å². The van der Waals surface area contributed by atoms with E-state index in [9.17, 15) is 4.79 Å². The van der Waals surface area contributed by atoms with Crippen molar-refractivity contribution in [2.24, 2.45) is 0 Å². The normalized spacial score (nSPS) is 10.5. The molecule has 13 heavy (non-hydrogen) atoms. The zero-order valence-corrected chi connectivity index (χ0v) is 8.97. The summed E-state index contributed by atoms with van der Waals surface area (Å²) in [5, 5.41) is 0. The molecular formula is C8H6BrNO2S. The lowest BCUT2D eigenvalue weighted by Gasteiger charge is -1.94. The zero-order valence-electron chi connectivity index (χ0n) is 6.57. The molecule has 0 unspecified atom stereocenters. The van der Waals surface area contributed by atoms with Crippen LogP contribution in [0.2, 0.25) is 0 Å². The fourth-order valence-electron chi connectivity index (χ4n) is 0.991. The molecule has 0 aromatic carbocycles. The number of nitrogens with zero attached hydrogens (tertiary/aromatic N) is 1. The third-order valence-electron chi connectivity index (χ3n) is 1.57. The highest BCUT2D eigenvalue weighted by Crippen LogP contribution is 2.22. The molecule has 2 aromatic rings. The van der Waals surface area contributed by atoms with Crippen molar-refractivity contribution in [1.29, 1.82) is 0 Å². The van der Waals surface area contributed by atoms with Crippen LogP contribution in [-0.2, 0) is 6.54 Å². The number of aromatic nitrogens is 1. The van der Waals surface area contributed by atoms with E-state index in [1.54, 1.807) is 11.3 Å². The van der Waals surface area contributed by atoms with Gasteiger partial charge in [0.2, 0.25) is 0 Å². The first-order chi connectivity index (χ1) is 6.25. The summed E-state index contributed by atoms with van der Waals surface area (Å²) < 4.78 is 7.35. The number of thiophene rings is 1. The highest BCUT2D eigenvalue weighted by Gasteiger charge is 2.02. The lowest BCUT2D eigenvalue weighted by molar-refractivity contribution is 0.278. The minimum atomic E-state index is -0.107. The van der Waals surface area contributed by atoms with Crippen molar-refractivity contribution in [2.75, 3.05) is 0 Å². The lowest BCUT2D eigenvalue weighted by Crippen LogP contribution is -2.13. The maximum Gasteiger partial charge on any atom is 0.282 e. The first kappa shape index (κ1) is 8.77. The monoisotopic (exact) mass is 259 g/mol. The quantitative estimate of drug-likeness (QED) is 0.830. The van der Waals surface area contributed by atoms with Crippen LogP contribution in [0.1, 0.15) is 4.88 Å². The molecule has 2 rings (SSSR count). The summed E-state index contributed by atoms with van der Waals surface area (Å²) in [4.78, 5) is 12.2. The van der Waals surface area contributed by atoms with Gasteiger partial charge in [0.15, 0.2) is 0 Å². The van der Waals surface area contributed by atoms with Crippen LogP contribution in [0.3, 0.4) is 0 Å². The van der Waals surface area contributed by atoms with Crippen molar-refractivity contribution < 1.29 is 4.52 Å². The summed E-state index contributed by atoms with van der Waals surface area (Å²) in [6.07, 6.45) is 1.39. The van der Waals surface area contributed by atoms with Gasteiger partial charge in [0, 0.05) is 10.9 Å². The molecule has 0 bridgehead atoms. The average Bonchev–Trinajstić information content (AvgIpc) is 2.64. The molecule has 0 fully saturated rings. The predicted octanol–water partition coefficient (Wildman–Crippen LogP) is 2.31. The Morgan fingerprint density at radius 1 is 1.46 bits per heavy atom. The third-order valence-corrected chi connectivity index (χ3v) is 3.18. The highest BCUT2D eigenvalue weighted by atomic mass is 79.9. The molecule has 0 aliphatic heterocycles. The van der Waals surface area contributed by atoms with Gasteiger partial charge in [-0.05, 0) is 28.1 Å². The molecule has 0 aliphatic carbocycles. The molecular weight excluding hydrogens is 254 g/mol. The van der Waals surface area contributed by atoms with Crippen LogP contribution in [0.4, 0.5) is 0 Å². The molecule has 0 N–H and O–H groups in total. The second kappa shape index (κ2) is 3.51. The number of hydrogen-bond donors (Lipinski definition) is 0. The Labute approximate surface area is 86.7 Å². The summed E-state index contributed by atoms with van der Waals surface area (Å²) in [5.41, 5.74) is -0.107. The van der Waals surface area contributed by atoms with Crippen molar-refractivity contribution in [3.05, 3.63) is 43.5 Å². The lowest BCUT2D eigenvalue weighted by atomic mass is 10.5.